The largest absolute Gasteiger partial charge is 0.476 e. The van der Waals surface area contributed by atoms with Crippen molar-refractivity contribution in [2.24, 2.45) is 0 Å². The van der Waals surface area contributed by atoms with Gasteiger partial charge in [-0.1, -0.05) is 0 Å². The summed E-state index contributed by atoms with van der Waals surface area (Å²) in [5.74, 6) is -1.38. The second-order valence-corrected chi connectivity index (χ2v) is 6.42. The molecule has 1 aromatic rings. The predicted molar refractivity (Wildman–Crippen MR) is 69.0 cm³/mol. The molecule has 0 bridgehead atoms. The van der Waals surface area contributed by atoms with Crippen LogP contribution in [0.5, 0.6) is 0 Å². The van der Waals surface area contributed by atoms with E-state index in [0.29, 0.717) is 6.42 Å². The zero-order valence-corrected chi connectivity index (χ0v) is 12.0. The van der Waals surface area contributed by atoms with E-state index in [1.807, 2.05) is 0 Å². The number of sulfonamides is 1. The van der Waals surface area contributed by atoms with Gasteiger partial charge in [-0.15, -0.1) is 0 Å². The van der Waals surface area contributed by atoms with E-state index in [1.165, 1.54) is 14.0 Å². The number of aromatic carboxylic acids is 1. The highest BCUT2D eigenvalue weighted by atomic mass is 32.2. The minimum absolute atomic E-state index is 0.190. The Morgan fingerprint density at radius 1 is 1.50 bits per heavy atom. The molecule has 2 rings (SSSR count). The molecule has 0 aliphatic heterocycles. The number of H-pyrrole nitrogens is 1. The monoisotopic (exact) mass is 303 g/mol. The van der Waals surface area contributed by atoms with Crippen LogP contribution in [0.15, 0.2) is 4.90 Å². The normalized spacial score (nSPS) is 23.1. The highest BCUT2D eigenvalue weighted by Gasteiger charge is 2.35. The predicted octanol–water partition coefficient (Wildman–Crippen LogP) is 0.262. The van der Waals surface area contributed by atoms with Gasteiger partial charge >= 0.3 is 5.97 Å². The molecule has 0 spiro atoms. The Bertz CT molecular complexity index is 610. The number of nitrogens with one attached hydrogen (secondary N) is 2. The minimum atomic E-state index is -3.95. The number of methoxy groups -OCH3 is 1. The van der Waals surface area contributed by atoms with Crippen molar-refractivity contribution in [3.05, 3.63) is 11.4 Å². The molecule has 1 aliphatic rings. The first-order valence-electron chi connectivity index (χ1n) is 6.20. The number of ether oxygens (including phenoxy) is 1. The molecule has 1 aliphatic carbocycles. The maximum Gasteiger partial charge on any atom is 0.357 e. The first-order chi connectivity index (χ1) is 9.36. The van der Waals surface area contributed by atoms with Gasteiger partial charge in [-0.05, 0) is 26.2 Å². The summed E-state index contributed by atoms with van der Waals surface area (Å²) >= 11 is 0. The van der Waals surface area contributed by atoms with Crippen LogP contribution in [0.3, 0.4) is 0 Å². The smallest absolute Gasteiger partial charge is 0.357 e. The summed E-state index contributed by atoms with van der Waals surface area (Å²) in [6.07, 6.45) is 2.11. The van der Waals surface area contributed by atoms with Gasteiger partial charge in [-0.3, -0.25) is 5.10 Å². The lowest BCUT2D eigenvalue weighted by atomic mass is 10.2. The number of aromatic nitrogens is 2. The van der Waals surface area contributed by atoms with Crippen LogP contribution in [0.1, 0.15) is 35.4 Å². The number of nitrogens with zero attached hydrogens (tertiary/aromatic N) is 1. The van der Waals surface area contributed by atoms with E-state index in [4.69, 9.17) is 9.84 Å². The van der Waals surface area contributed by atoms with Crippen LogP contribution in [0.2, 0.25) is 0 Å². The molecule has 8 nitrogen and oxygen atoms in total. The highest BCUT2D eigenvalue weighted by Crippen LogP contribution is 2.25. The Hall–Kier alpha value is -1.45. The zero-order chi connectivity index (χ0) is 14.9. The summed E-state index contributed by atoms with van der Waals surface area (Å²) in [6.45, 7) is 1.47. The SMILES string of the molecule is COC1CCCC1NS(=O)(=O)c1c(C(=O)O)n[nH]c1C. The van der Waals surface area contributed by atoms with Gasteiger partial charge in [-0.2, -0.15) is 5.10 Å². The molecule has 0 saturated heterocycles. The van der Waals surface area contributed by atoms with E-state index >= 15 is 0 Å². The summed E-state index contributed by atoms with van der Waals surface area (Å²) in [6, 6.07) is -0.346. The standard InChI is InChI=1S/C11H17N3O5S/c1-6-10(9(11(15)16)13-12-6)20(17,18)14-7-4-3-5-8(7)19-2/h7-8,14H,3-5H2,1-2H3,(H,12,13)(H,15,16). The number of carboxylic acid groups (broad SMARTS) is 1. The lowest BCUT2D eigenvalue weighted by molar-refractivity contribution is 0.0686. The fraction of sp³-hybridized carbons (Fsp3) is 0.636. The van der Waals surface area contributed by atoms with Gasteiger partial charge < -0.3 is 9.84 Å². The van der Waals surface area contributed by atoms with Crippen molar-refractivity contribution >= 4 is 16.0 Å². The second kappa shape index (κ2) is 5.51. The molecule has 1 heterocycles. The second-order valence-electron chi connectivity index (χ2n) is 4.76. The third-order valence-electron chi connectivity index (χ3n) is 3.42. The lowest BCUT2D eigenvalue weighted by Gasteiger charge is -2.19. The van der Waals surface area contributed by atoms with Gasteiger partial charge in [-0.25, -0.2) is 17.9 Å². The minimum Gasteiger partial charge on any atom is -0.476 e. The van der Waals surface area contributed by atoms with Crippen LogP contribution >= 0.6 is 0 Å². The summed E-state index contributed by atoms with van der Waals surface area (Å²) < 4.78 is 32.5. The first-order valence-corrected chi connectivity index (χ1v) is 7.68. The van der Waals surface area contributed by atoms with E-state index in [-0.39, 0.29) is 22.7 Å². The maximum atomic E-state index is 12.4. The van der Waals surface area contributed by atoms with Crippen molar-refractivity contribution < 1.29 is 23.1 Å². The molecule has 0 amide bonds. The molecule has 1 saturated carbocycles. The Morgan fingerprint density at radius 3 is 2.80 bits per heavy atom. The van der Waals surface area contributed by atoms with Crippen LogP contribution in [0.25, 0.3) is 0 Å². The van der Waals surface area contributed by atoms with Crippen molar-refractivity contribution in [3.63, 3.8) is 0 Å². The number of hydrogen-bond donors (Lipinski definition) is 3. The lowest BCUT2D eigenvalue weighted by Crippen LogP contribution is -2.41. The fourth-order valence-corrected chi connectivity index (χ4v) is 4.12. The third kappa shape index (κ3) is 2.69. The first kappa shape index (κ1) is 14.9. The summed E-state index contributed by atoms with van der Waals surface area (Å²) in [4.78, 5) is 10.7. The Labute approximate surface area is 116 Å². The highest BCUT2D eigenvalue weighted by molar-refractivity contribution is 7.89. The van der Waals surface area contributed by atoms with Crippen LogP contribution in [0, 0.1) is 6.92 Å². The molecule has 9 heteroatoms. The van der Waals surface area contributed by atoms with Crippen LogP contribution in [0.4, 0.5) is 0 Å². The van der Waals surface area contributed by atoms with Gasteiger partial charge in [0, 0.05) is 13.2 Å². The van der Waals surface area contributed by atoms with Crippen LogP contribution < -0.4 is 4.72 Å². The third-order valence-corrected chi connectivity index (χ3v) is 5.07. The summed E-state index contributed by atoms with van der Waals surface area (Å²) in [7, 11) is -2.42. The van der Waals surface area contributed by atoms with Crippen molar-refractivity contribution in [1.29, 1.82) is 0 Å². The van der Waals surface area contributed by atoms with Crippen molar-refractivity contribution in [3.8, 4) is 0 Å². The van der Waals surface area contributed by atoms with Crippen molar-refractivity contribution in [2.45, 2.75) is 43.2 Å². The number of carbonyl (C=O) groups is 1. The van der Waals surface area contributed by atoms with Gasteiger partial charge in [0.25, 0.3) is 0 Å². The number of rotatable bonds is 5. The number of hydrogen-bond acceptors (Lipinski definition) is 5. The molecule has 3 N–H and O–H groups in total. The van der Waals surface area contributed by atoms with E-state index in [2.05, 4.69) is 14.9 Å². The Kier molecular flexibility index (Phi) is 4.11. The molecule has 0 aromatic carbocycles. The quantitative estimate of drug-likeness (QED) is 0.717. The van der Waals surface area contributed by atoms with Crippen molar-refractivity contribution in [2.75, 3.05) is 7.11 Å². The van der Waals surface area contributed by atoms with Gasteiger partial charge in [0.1, 0.15) is 4.90 Å². The average Bonchev–Trinajstić information content (AvgIpc) is 2.94. The topological polar surface area (TPSA) is 121 Å². The van der Waals surface area contributed by atoms with Gasteiger partial charge in [0.2, 0.25) is 10.0 Å². The molecular weight excluding hydrogens is 286 g/mol. The van der Waals surface area contributed by atoms with Crippen molar-refractivity contribution in [1.82, 2.24) is 14.9 Å². The summed E-state index contributed by atoms with van der Waals surface area (Å²) in [5.41, 5.74) is -0.302. The number of carboxylic acids is 1. The summed E-state index contributed by atoms with van der Waals surface area (Å²) in [5, 5.41) is 14.9. The average molecular weight is 303 g/mol. The molecule has 1 fully saturated rings. The Balaban J connectivity index is 2.31. The molecule has 112 valence electrons. The van der Waals surface area contributed by atoms with Gasteiger partial charge in [0.15, 0.2) is 5.69 Å². The molecule has 1 aromatic heterocycles. The van der Waals surface area contributed by atoms with E-state index in [9.17, 15) is 13.2 Å². The fourth-order valence-electron chi connectivity index (χ4n) is 2.49. The molecule has 0 radical (unpaired) electrons. The number of aromatic amines is 1. The molecule has 2 unspecified atom stereocenters. The number of aryl methyl sites for hydroxylation is 1. The molecule has 20 heavy (non-hydrogen) atoms. The molecule has 2 atom stereocenters. The maximum absolute atomic E-state index is 12.4. The van der Waals surface area contributed by atoms with Crippen LogP contribution in [-0.2, 0) is 14.8 Å². The van der Waals surface area contributed by atoms with E-state index < -0.39 is 21.7 Å². The Morgan fingerprint density at radius 2 is 2.20 bits per heavy atom. The van der Waals surface area contributed by atoms with E-state index in [1.54, 1.807) is 0 Å². The zero-order valence-electron chi connectivity index (χ0n) is 11.2. The van der Waals surface area contributed by atoms with Gasteiger partial charge in [0.05, 0.1) is 11.8 Å². The van der Waals surface area contributed by atoms with Crippen LogP contribution in [-0.4, -0.2) is 48.9 Å². The molecular formula is C11H17N3O5S. The van der Waals surface area contributed by atoms with E-state index in [0.717, 1.165) is 12.8 Å².